The molecule has 0 saturated heterocycles. The summed E-state index contributed by atoms with van der Waals surface area (Å²) in [6.45, 7) is 4.24. The van der Waals surface area contributed by atoms with Crippen LogP contribution in [0, 0.1) is 13.8 Å². The van der Waals surface area contributed by atoms with Crippen LogP contribution in [0.15, 0.2) is 99.2 Å². The summed E-state index contributed by atoms with van der Waals surface area (Å²) in [5.74, 6) is 1.70. The van der Waals surface area contributed by atoms with Gasteiger partial charge in [0.1, 0.15) is 23.0 Å². The zero-order valence-corrected chi connectivity index (χ0v) is 20.8. The lowest BCUT2D eigenvalue weighted by Gasteiger charge is -2.21. The van der Waals surface area contributed by atoms with E-state index in [1.165, 1.54) is 4.31 Å². The minimum atomic E-state index is -3.76. The summed E-state index contributed by atoms with van der Waals surface area (Å²) < 4.78 is 39.8. The molecule has 0 fully saturated rings. The van der Waals surface area contributed by atoms with Crippen molar-refractivity contribution in [3.05, 3.63) is 113 Å². The number of furan rings is 1. The first kappa shape index (κ1) is 24.4. The van der Waals surface area contributed by atoms with Gasteiger partial charge >= 0.3 is 0 Å². The Kier molecular flexibility index (Phi) is 7.48. The van der Waals surface area contributed by atoms with Crippen molar-refractivity contribution in [1.82, 2.24) is 4.31 Å². The Morgan fingerprint density at radius 1 is 0.857 bits per heavy atom. The molecule has 1 aromatic heterocycles. The number of hydrogen-bond acceptors (Lipinski definition) is 5. The Labute approximate surface area is 206 Å². The smallest absolute Gasteiger partial charge is 0.243 e. The maximum absolute atomic E-state index is 13.6. The van der Waals surface area contributed by atoms with E-state index in [1.54, 1.807) is 49.7 Å². The second-order valence-corrected chi connectivity index (χ2v) is 10.2. The quantitative estimate of drug-likeness (QED) is 0.269. The molecule has 0 amide bonds. The largest absolute Gasteiger partial charge is 0.494 e. The fourth-order valence-electron chi connectivity index (χ4n) is 3.57. The van der Waals surface area contributed by atoms with E-state index in [2.05, 4.69) is 4.99 Å². The highest BCUT2D eigenvalue weighted by Gasteiger charge is 2.26. The lowest BCUT2D eigenvalue weighted by molar-refractivity contribution is 0.357. The van der Waals surface area contributed by atoms with Gasteiger partial charge in [0.25, 0.3) is 0 Å². The van der Waals surface area contributed by atoms with Crippen molar-refractivity contribution in [2.24, 2.45) is 4.99 Å². The molecule has 0 atom stereocenters. The molecule has 180 valence electrons. The maximum atomic E-state index is 13.6. The summed E-state index contributed by atoms with van der Waals surface area (Å²) in [5.41, 5.74) is 3.69. The molecule has 0 bridgehead atoms. The highest BCUT2D eigenvalue weighted by molar-refractivity contribution is 7.89. The van der Waals surface area contributed by atoms with Gasteiger partial charge in [0.2, 0.25) is 10.0 Å². The highest BCUT2D eigenvalue weighted by atomic mass is 32.2. The number of rotatable bonds is 9. The van der Waals surface area contributed by atoms with Gasteiger partial charge in [-0.15, -0.1) is 0 Å². The second-order valence-electron chi connectivity index (χ2n) is 8.31. The van der Waals surface area contributed by atoms with Crippen LogP contribution in [0.2, 0.25) is 0 Å². The van der Waals surface area contributed by atoms with Gasteiger partial charge in [-0.2, -0.15) is 4.31 Å². The predicted octanol–water partition coefficient (Wildman–Crippen LogP) is 6.05. The third-order valence-electron chi connectivity index (χ3n) is 5.57. The van der Waals surface area contributed by atoms with E-state index in [1.807, 2.05) is 62.4 Å². The molecule has 0 aliphatic heterocycles. The van der Waals surface area contributed by atoms with Crippen molar-refractivity contribution in [1.29, 1.82) is 0 Å². The lowest BCUT2D eigenvalue weighted by atomic mass is 10.1. The van der Waals surface area contributed by atoms with Crippen molar-refractivity contribution in [2.75, 3.05) is 7.11 Å². The Morgan fingerprint density at radius 3 is 2.20 bits per heavy atom. The number of nitrogens with zero attached hydrogens (tertiary/aromatic N) is 2. The number of hydrogen-bond donors (Lipinski definition) is 0. The molecule has 7 heteroatoms. The van der Waals surface area contributed by atoms with Crippen LogP contribution in [-0.4, -0.2) is 26.0 Å². The van der Waals surface area contributed by atoms with E-state index in [4.69, 9.17) is 9.15 Å². The molecule has 0 unspecified atom stereocenters. The molecule has 1 heterocycles. The Morgan fingerprint density at radius 2 is 1.51 bits per heavy atom. The van der Waals surface area contributed by atoms with Crippen molar-refractivity contribution in [2.45, 2.75) is 31.8 Å². The van der Waals surface area contributed by atoms with Crippen molar-refractivity contribution < 1.29 is 17.6 Å². The monoisotopic (exact) mass is 488 g/mol. The molecule has 3 aromatic carbocycles. The molecule has 0 N–H and O–H groups in total. The van der Waals surface area contributed by atoms with Gasteiger partial charge in [0.05, 0.1) is 24.8 Å². The SMILES string of the molecule is COc1ccccc1N=Cc1ccc(CN(Cc2ccc(C)cc2)S(=O)(=O)c2ccc(C)cc2)o1. The standard InChI is InChI=1S/C28H28N2O4S/c1-21-8-12-23(13-9-21)19-30(35(31,32)26-16-10-22(2)11-17-26)20-25-15-14-24(34-25)18-29-27-6-4-5-7-28(27)33-3/h4-18H,19-20H2,1-3H3. The van der Waals surface area contributed by atoms with Crippen LogP contribution >= 0.6 is 0 Å². The van der Waals surface area contributed by atoms with Crippen LogP contribution in [0.3, 0.4) is 0 Å². The summed E-state index contributed by atoms with van der Waals surface area (Å²) >= 11 is 0. The van der Waals surface area contributed by atoms with Crippen LogP contribution < -0.4 is 4.74 Å². The van der Waals surface area contributed by atoms with Gasteiger partial charge in [-0.1, -0.05) is 59.7 Å². The van der Waals surface area contributed by atoms with Gasteiger partial charge in [0, 0.05) is 6.54 Å². The van der Waals surface area contributed by atoms with Crippen molar-refractivity contribution >= 4 is 21.9 Å². The third kappa shape index (κ3) is 6.07. The third-order valence-corrected chi connectivity index (χ3v) is 7.37. The first-order valence-electron chi connectivity index (χ1n) is 11.2. The molecule has 0 radical (unpaired) electrons. The zero-order chi connectivity index (χ0) is 24.8. The number of methoxy groups -OCH3 is 1. The van der Waals surface area contributed by atoms with Crippen LogP contribution in [0.5, 0.6) is 5.75 Å². The number of benzene rings is 3. The molecule has 35 heavy (non-hydrogen) atoms. The summed E-state index contributed by atoms with van der Waals surface area (Å²) in [5, 5.41) is 0. The number of aryl methyl sites for hydroxylation is 2. The summed E-state index contributed by atoms with van der Waals surface area (Å²) in [6, 6.07) is 25.7. The molecule has 0 aliphatic carbocycles. The molecular weight excluding hydrogens is 460 g/mol. The van der Waals surface area contributed by atoms with E-state index in [-0.39, 0.29) is 18.0 Å². The summed E-state index contributed by atoms with van der Waals surface area (Å²) in [6.07, 6.45) is 1.60. The number of sulfonamides is 1. The Hall–Kier alpha value is -3.68. The van der Waals surface area contributed by atoms with E-state index in [0.717, 1.165) is 16.7 Å². The molecule has 4 aromatic rings. The van der Waals surface area contributed by atoms with Gasteiger partial charge < -0.3 is 9.15 Å². The van der Waals surface area contributed by atoms with Crippen LogP contribution in [0.4, 0.5) is 5.69 Å². The molecular formula is C28H28N2O4S. The topological polar surface area (TPSA) is 72.1 Å². The van der Waals surface area contributed by atoms with E-state index >= 15 is 0 Å². The van der Waals surface area contributed by atoms with Crippen molar-refractivity contribution in [3.63, 3.8) is 0 Å². The van der Waals surface area contributed by atoms with Gasteiger partial charge in [-0.05, 0) is 55.8 Å². The Balaban J connectivity index is 1.59. The van der Waals surface area contributed by atoms with Crippen LogP contribution in [0.1, 0.15) is 28.2 Å². The van der Waals surface area contributed by atoms with Gasteiger partial charge in [-0.25, -0.2) is 13.4 Å². The first-order chi connectivity index (χ1) is 16.8. The average molecular weight is 489 g/mol. The van der Waals surface area contributed by atoms with Gasteiger partial charge in [-0.3, -0.25) is 0 Å². The molecule has 4 rings (SSSR count). The fraction of sp³-hybridized carbons (Fsp3) is 0.179. The van der Waals surface area contributed by atoms with Crippen LogP contribution in [-0.2, 0) is 23.1 Å². The second kappa shape index (κ2) is 10.7. The molecule has 0 spiro atoms. The van der Waals surface area contributed by atoms with E-state index < -0.39 is 10.0 Å². The minimum absolute atomic E-state index is 0.0899. The minimum Gasteiger partial charge on any atom is -0.494 e. The first-order valence-corrected chi connectivity index (χ1v) is 12.7. The molecule has 6 nitrogen and oxygen atoms in total. The molecule has 0 aliphatic rings. The highest BCUT2D eigenvalue weighted by Crippen LogP contribution is 2.27. The van der Waals surface area contributed by atoms with Crippen LogP contribution in [0.25, 0.3) is 0 Å². The zero-order valence-electron chi connectivity index (χ0n) is 20.0. The number of para-hydroxylation sites is 2. The summed E-state index contributed by atoms with van der Waals surface area (Å²) in [4.78, 5) is 4.69. The van der Waals surface area contributed by atoms with E-state index in [0.29, 0.717) is 23.0 Å². The Bertz CT molecular complexity index is 1410. The normalized spacial score (nSPS) is 11.9. The fourth-order valence-corrected chi connectivity index (χ4v) is 4.97. The van der Waals surface area contributed by atoms with E-state index in [9.17, 15) is 8.42 Å². The lowest BCUT2D eigenvalue weighted by Crippen LogP contribution is -2.30. The van der Waals surface area contributed by atoms with Crippen molar-refractivity contribution in [3.8, 4) is 5.75 Å². The number of aliphatic imine (C=N–C) groups is 1. The molecule has 0 saturated carbocycles. The number of ether oxygens (including phenoxy) is 1. The maximum Gasteiger partial charge on any atom is 0.243 e. The summed E-state index contributed by atoms with van der Waals surface area (Å²) in [7, 11) is -2.16. The predicted molar refractivity (Wildman–Crippen MR) is 138 cm³/mol. The van der Waals surface area contributed by atoms with Gasteiger partial charge in [0.15, 0.2) is 0 Å². The average Bonchev–Trinajstić information content (AvgIpc) is 3.31.